The summed E-state index contributed by atoms with van der Waals surface area (Å²) in [6.07, 6.45) is 6.29. The molecule has 0 unspecified atom stereocenters. The first-order valence-corrected chi connectivity index (χ1v) is 7.07. The van der Waals surface area contributed by atoms with Gasteiger partial charge in [0.1, 0.15) is 5.82 Å². The summed E-state index contributed by atoms with van der Waals surface area (Å²) in [5.41, 5.74) is 6.82. The molecule has 0 radical (unpaired) electrons. The van der Waals surface area contributed by atoms with Gasteiger partial charge >= 0.3 is 0 Å². The van der Waals surface area contributed by atoms with Crippen molar-refractivity contribution in [2.75, 3.05) is 11.9 Å². The van der Waals surface area contributed by atoms with Crippen molar-refractivity contribution >= 4 is 11.7 Å². The lowest BCUT2D eigenvalue weighted by atomic mass is 9.71. The lowest BCUT2D eigenvalue weighted by Crippen LogP contribution is -2.36. The van der Waals surface area contributed by atoms with E-state index in [9.17, 15) is 4.79 Å². The number of anilines is 1. The van der Waals surface area contributed by atoms with Gasteiger partial charge in [-0.05, 0) is 43.9 Å². The molecule has 19 heavy (non-hydrogen) atoms. The Balaban J connectivity index is 1.96. The Bertz CT molecular complexity index is 439. The van der Waals surface area contributed by atoms with Gasteiger partial charge in [0.15, 0.2) is 0 Å². The van der Waals surface area contributed by atoms with Gasteiger partial charge in [0.05, 0.1) is 0 Å². The number of hydrogen-bond donors (Lipinski definition) is 2. The van der Waals surface area contributed by atoms with E-state index in [1.807, 2.05) is 25.1 Å². The van der Waals surface area contributed by atoms with Crippen molar-refractivity contribution in [3.63, 3.8) is 0 Å². The first-order chi connectivity index (χ1) is 9.13. The molecule has 1 aliphatic rings. The fraction of sp³-hybridized carbons (Fsp3) is 0.600. The van der Waals surface area contributed by atoms with Crippen LogP contribution in [0.25, 0.3) is 0 Å². The monoisotopic (exact) mass is 261 g/mol. The zero-order valence-electron chi connectivity index (χ0n) is 11.6. The molecule has 3 N–H and O–H groups in total. The number of nitrogens with two attached hydrogens (primary N) is 1. The zero-order chi connectivity index (χ0) is 13.7. The quantitative estimate of drug-likeness (QED) is 0.875. The highest BCUT2D eigenvalue weighted by molar-refractivity contribution is 5.90. The van der Waals surface area contributed by atoms with Crippen molar-refractivity contribution < 1.29 is 4.79 Å². The number of nitrogens with one attached hydrogen (secondary N) is 1. The van der Waals surface area contributed by atoms with E-state index in [1.54, 1.807) is 0 Å². The van der Waals surface area contributed by atoms with Gasteiger partial charge in [-0.2, -0.15) is 0 Å². The number of amides is 1. The highest BCUT2D eigenvalue weighted by Crippen LogP contribution is 2.38. The lowest BCUT2D eigenvalue weighted by molar-refractivity contribution is -0.118. The van der Waals surface area contributed by atoms with E-state index in [-0.39, 0.29) is 11.3 Å². The summed E-state index contributed by atoms with van der Waals surface area (Å²) in [6.45, 7) is 2.51. The molecule has 4 heteroatoms. The molecule has 1 saturated carbocycles. The topological polar surface area (TPSA) is 68.0 Å². The van der Waals surface area contributed by atoms with Crippen LogP contribution in [0.4, 0.5) is 5.82 Å². The van der Waals surface area contributed by atoms with Gasteiger partial charge in [-0.3, -0.25) is 4.79 Å². The number of nitrogens with zero attached hydrogens (tertiary/aromatic N) is 1. The zero-order valence-corrected chi connectivity index (χ0v) is 11.6. The van der Waals surface area contributed by atoms with Crippen LogP contribution in [-0.2, 0) is 4.79 Å². The van der Waals surface area contributed by atoms with E-state index in [0.29, 0.717) is 18.8 Å². The van der Waals surface area contributed by atoms with Gasteiger partial charge in [-0.15, -0.1) is 0 Å². The van der Waals surface area contributed by atoms with E-state index in [1.165, 1.54) is 19.3 Å². The molecule has 0 aromatic carbocycles. The number of carbonyl (C=O) groups is 1. The fourth-order valence-electron chi connectivity index (χ4n) is 2.90. The Hall–Kier alpha value is -1.42. The number of pyridine rings is 1. The fourth-order valence-corrected chi connectivity index (χ4v) is 2.90. The summed E-state index contributed by atoms with van der Waals surface area (Å²) in [5.74, 6) is 0.665. The number of carbonyl (C=O) groups excluding carboxylic acids is 1. The Morgan fingerprint density at radius 3 is 2.74 bits per heavy atom. The van der Waals surface area contributed by atoms with Gasteiger partial charge in [0, 0.05) is 12.1 Å². The second kappa shape index (κ2) is 6.15. The number of rotatable bonds is 4. The summed E-state index contributed by atoms with van der Waals surface area (Å²) in [7, 11) is 0. The van der Waals surface area contributed by atoms with Gasteiger partial charge in [0.25, 0.3) is 0 Å². The predicted molar refractivity (Wildman–Crippen MR) is 76.8 cm³/mol. The van der Waals surface area contributed by atoms with Crippen LogP contribution in [-0.4, -0.2) is 17.4 Å². The highest BCUT2D eigenvalue weighted by Gasteiger charge is 2.32. The maximum absolute atomic E-state index is 12.1. The Labute approximate surface area is 114 Å². The summed E-state index contributed by atoms with van der Waals surface area (Å²) in [6, 6.07) is 5.64. The van der Waals surface area contributed by atoms with Gasteiger partial charge in [-0.25, -0.2) is 4.98 Å². The second-order valence-corrected chi connectivity index (χ2v) is 5.65. The minimum absolute atomic E-state index is 0.00611. The third-order valence-electron chi connectivity index (χ3n) is 4.04. The maximum Gasteiger partial charge on any atom is 0.226 e. The van der Waals surface area contributed by atoms with Gasteiger partial charge < -0.3 is 11.1 Å². The summed E-state index contributed by atoms with van der Waals surface area (Å²) in [5, 5.41) is 2.88. The number of aryl methyl sites for hydroxylation is 1. The molecule has 0 atom stereocenters. The Morgan fingerprint density at radius 1 is 1.37 bits per heavy atom. The standard InChI is InChI=1S/C15H23N3O/c1-12-6-5-7-13(17-12)18-14(19)10-15(11-16)8-3-2-4-9-15/h5-7H,2-4,8-11,16H2,1H3,(H,17,18,19). The van der Waals surface area contributed by atoms with Crippen LogP contribution in [0.5, 0.6) is 0 Å². The van der Waals surface area contributed by atoms with Crippen LogP contribution in [0, 0.1) is 12.3 Å². The summed E-state index contributed by atoms with van der Waals surface area (Å²) < 4.78 is 0. The van der Waals surface area contributed by atoms with Crippen molar-refractivity contribution in [1.29, 1.82) is 0 Å². The van der Waals surface area contributed by atoms with Gasteiger partial charge in [-0.1, -0.05) is 25.3 Å². The van der Waals surface area contributed by atoms with Crippen LogP contribution < -0.4 is 11.1 Å². The minimum Gasteiger partial charge on any atom is -0.330 e. The van der Waals surface area contributed by atoms with Gasteiger partial charge in [0.2, 0.25) is 5.91 Å². The average Bonchev–Trinajstić information content (AvgIpc) is 2.39. The molecule has 0 saturated heterocycles. The lowest BCUT2D eigenvalue weighted by Gasteiger charge is -2.35. The largest absolute Gasteiger partial charge is 0.330 e. The van der Waals surface area contributed by atoms with Crippen molar-refractivity contribution in [2.24, 2.45) is 11.1 Å². The Morgan fingerprint density at radius 2 is 2.11 bits per heavy atom. The second-order valence-electron chi connectivity index (χ2n) is 5.65. The molecule has 1 aliphatic carbocycles. The van der Waals surface area contributed by atoms with E-state index < -0.39 is 0 Å². The normalized spacial score (nSPS) is 18.0. The van der Waals surface area contributed by atoms with Crippen LogP contribution in [0.3, 0.4) is 0 Å². The highest BCUT2D eigenvalue weighted by atomic mass is 16.1. The smallest absolute Gasteiger partial charge is 0.226 e. The van der Waals surface area contributed by atoms with Crippen molar-refractivity contribution in [2.45, 2.75) is 45.4 Å². The first kappa shape index (κ1) is 14.0. The average molecular weight is 261 g/mol. The molecule has 4 nitrogen and oxygen atoms in total. The first-order valence-electron chi connectivity index (χ1n) is 7.07. The molecular weight excluding hydrogens is 238 g/mol. The van der Waals surface area contributed by atoms with E-state index >= 15 is 0 Å². The molecule has 0 spiro atoms. The molecule has 0 bridgehead atoms. The number of aromatic nitrogens is 1. The SMILES string of the molecule is Cc1cccc(NC(=O)CC2(CN)CCCCC2)n1. The van der Waals surface area contributed by atoms with Crippen LogP contribution >= 0.6 is 0 Å². The van der Waals surface area contributed by atoms with Crippen LogP contribution in [0.1, 0.15) is 44.2 Å². The molecule has 1 aromatic rings. The predicted octanol–water partition coefficient (Wildman–Crippen LogP) is 2.63. The maximum atomic E-state index is 12.1. The molecule has 1 fully saturated rings. The summed E-state index contributed by atoms with van der Waals surface area (Å²) in [4.78, 5) is 16.4. The molecule has 0 aliphatic heterocycles. The van der Waals surface area contributed by atoms with Crippen molar-refractivity contribution in [1.82, 2.24) is 4.98 Å². The minimum atomic E-state index is 0.00611. The molecule has 104 valence electrons. The third kappa shape index (κ3) is 3.77. The molecule has 1 aromatic heterocycles. The molecule has 1 amide bonds. The molecule has 1 heterocycles. The number of hydrogen-bond acceptors (Lipinski definition) is 3. The molecular formula is C15H23N3O. The van der Waals surface area contributed by atoms with E-state index in [2.05, 4.69) is 10.3 Å². The van der Waals surface area contributed by atoms with E-state index in [0.717, 1.165) is 18.5 Å². The Kier molecular flexibility index (Phi) is 4.53. The van der Waals surface area contributed by atoms with E-state index in [4.69, 9.17) is 5.73 Å². The van der Waals surface area contributed by atoms with Crippen molar-refractivity contribution in [3.8, 4) is 0 Å². The van der Waals surface area contributed by atoms with Crippen LogP contribution in [0.15, 0.2) is 18.2 Å². The van der Waals surface area contributed by atoms with Crippen molar-refractivity contribution in [3.05, 3.63) is 23.9 Å². The van der Waals surface area contributed by atoms with Crippen LogP contribution in [0.2, 0.25) is 0 Å². The third-order valence-corrected chi connectivity index (χ3v) is 4.04. The summed E-state index contributed by atoms with van der Waals surface area (Å²) >= 11 is 0. The molecule has 2 rings (SSSR count).